The van der Waals surface area contributed by atoms with Gasteiger partial charge in [-0.2, -0.15) is 0 Å². The monoisotopic (exact) mass is 259 g/mol. The van der Waals surface area contributed by atoms with Crippen LogP contribution in [0.15, 0.2) is 18.2 Å². The highest BCUT2D eigenvalue weighted by Crippen LogP contribution is 2.36. The van der Waals surface area contributed by atoms with Gasteiger partial charge in [0.2, 0.25) is 0 Å². The van der Waals surface area contributed by atoms with E-state index in [2.05, 4.69) is 28.0 Å². The van der Waals surface area contributed by atoms with E-state index in [0.29, 0.717) is 6.04 Å². The van der Waals surface area contributed by atoms with Gasteiger partial charge in [-0.3, -0.25) is 9.80 Å². The van der Waals surface area contributed by atoms with Crippen LogP contribution in [0.3, 0.4) is 0 Å². The molecule has 19 heavy (non-hydrogen) atoms. The van der Waals surface area contributed by atoms with Crippen molar-refractivity contribution in [1.82, 2.24) is 9.80 Å². The zero-order valence-electron chi connectivity index (χ0n) is 11.2. The Kier molecular flexibility index (Phi) is 2.76. The molecule has 3 fully saturated rings. The van der Waals surface area contributed by atoms with Gasteiger partial charge in [0.25, 0.3) is 0 Å². The van der Waals surface area contributed by atoms with E-state index in [1.165, 1.54) is 24.2 Å². The van der Waals surface area contributed by atoms with Crippen LogP contribution in [0.1, 0.15) is 17.2 Å². The molecule has 0 aliphatic carbocycles. The third-order valence-corrected chi connectivity index (χ3v) is 4.84. The summed E-state index contributed by atoms with van der Waals surface area (Å²) in [6, 6.07) is 6.94. The van der Waals surface area contributed by atoms with Crippen LogP contribution in [0.25, 0.3) is 0 Å². The van der Waals surface area contributed by atoms with Gasteiger partial charge in [-0.1, -0.05) is 18.2 Å². The molecule has 4 aliphatic heterocycles. The highest BCUT2D eigenvalue weighted by molar-refractivity contribution is 5.46. The van der Waals surface area contributed by atoms with Crippen LogP contribution in [-0.2, 0) is 6.42 Å². The lowest BCUT2D eigenvalue weighted by Crippen LogP contribution is -2.63. The molecular weight excluding hydrogens is 238 g/mol. The van der Waals surface area contributed by atoms with Gasteiger partial charge in [-0.05, 0) is 5.56 Å². The molecule has 4 heterocycles. The van der Waals surface area contributed by atoms with Crippen molar-refractivity contribution in [2.24, 2.45) is 5.73 Å². The van der Waals surface area contributed by atoms with Gasteiger partial charge in [-0.15, -0.1) is 0 Å². The Morgan fingerprint density at radius 3 is 2.79 bits per heavy atom. The Hall–Kier alpha value is -1.10. The Morgan fingerprint density at radius 2 is 2.05 bits per heavy atom. The largest absolute Gasteiger partial charge is 0.493 e. The van der Waals surface area contributed by atoms with Crippen LogP contribution in [0, 0.1) is 0 Å². The van der Waals surface area contributed by atoms with Crippen LogP contribution in [0.4, 0.5) is 0 Å². The molecule has 4 aliphatic rings. The first-order valence-corrected chi connectivity index (χ1v) is 7.29. The van der Waals surface area contributed by atoms with Gasteiger partial charge in [-0.25, -0.2) is 0 Å². The predicted molar refractivity (Wildman–Crippen MR) is 74.4 cm³/mol. The topological polar surface area (TPSA) is 41.7 Å². The fourth-order valence-corrected chi connectivity index (χ4v) is 3.71. The minimum atomic E-state index is 0.0659. The number of hydrogen-bond donors (Lipinski definition) is 1. The van der Waals surface area contributed by atoms with E-state index < -0.39 is 0 Å². The summed E-state index contributed by atoms with van der Waals surface area (Å²) in [7, 11) is 0. The molecule has 0 amide bonds. The highest BCUT2D eigenvalue weighted by atomic mass is 16.5. The molecule has 0 radical (unpaired) electrons. The normalized spacial score (nSPS) is 33.8. The van der Waals surface area contributed by atoms with Crippen molar-refractivity contribution in [3.05, 3.63) is 29.3 Å². The number of hydrogen-bond acceptors (Lipinski definition) is 4. The van der Waals surface area contributed by atoms with Crippen LogP contribution in [0.5, 0.6) is 5.75 Å². The first kappa shape index (κ1) is 11.7. The number of fused-ring (bicyclic) bond motifs is 4. The van der Waals surface area contributed by atoms with Crippen LogP contribution >= 0.6 is 0 Å². The van der Waals surface area contributed by atoms with Crippen molar-refractivity contribution >= 4 is 0 Å². The lowest BCUT2D eigenvalue weighted by molar-refractivity contribution is 0.00187. The summed E-state index contributed by atoms with van der Waals surface area (Å²) in [6.45, 7) is 6.63. The molecule has 4 heteroatoms. The van der Waals surface area contributed by atoms with Crippen molar-refractivity contribution in [1.29, 1.82) is 0 Å². The molecule has 4 nitrogen and oxygen atoms in total. The lowest BCUT2D eigenvalue weighted by atomic mass is 9.93. The third kappa shape index (κ3) is 1.86. The van der Waals surface area contributed by atoms with E-state index >= 15 is 0 Å². The summed E-state index contributed by atoms with van der Waals surface area (Å²) >= 11 is 0. The van der Waals surface area contributed by atoms with Crippen LogP contribution in [0.2, 0.25) is 0 Å². The first-order chi connectivity index (χ1) is 9.33. The standard InChI is InChI=1S/C15H21N3O/c16-14(13-10-17-5-7-18(13)8-6-17)12-3-1-2-11-4-9-19-15(11)12/h1-3,13-14H,4-10,16H2. The number of rotatable bonds is 2. The molecule has 1 aromatic carbocycles. The molecule has 0 spiro atoms. The van der Waals surface area contributed by atoms with E-state index in [0.717, 1.165) is 38.4 Å². The molecule has 0 saturated carbocycles. The zero-order chi connectivity index (χ0) is 12.8. The second kappa shape index (κ2) is 4.47. The number of ether oxygens (including phenoxy) is 1. The van der Waals surface area contributed by atoms with E-state index in [4.69, 9.17) is 10.5 Å². The maximum absolute atomic E-state index is 6.58. The Bertz CT molecular complexity index is 482. The number of para-hydroxylation sites is 1. The van der Waals surface area contributed by atoms with Gasteiger partial charge in [0.15, 0.2) is 0 Å². The van der Waals surface area contributed by atoms with Gasteiger partial charge < -0.3 is 10.5 Å². The van der Waals surface area contributed by atoms with Gasteiger partial charge >= 0.3 is 0 Å². The summed E-state index contributed by atoms with van der Waals surface area (Å²) in [5.41, 5.74) is 9.11. The number of nitrogens with two attached hydrogens (primary N) is 1. The number of benzene rings is 1. The molecule has 2 bridgehead atoms. The number of nitrogens with zero attached hydrogens (tertiary/aromatic N) is 2. The van der Waals surface area contributed by atoms with Crippen LogP contribution < -0.4 is 10.5 Å². The maximum Gasteiger partial charge on any atom is 0.127 e. The molecule has 2 atom stereocenters. The average Bonchev–Trinajstić information content (AvgIpc) is 2.96. The van der Waals surface area contributed by atoms with Crippen molar-refractivity contribution in [2.45, 2.75) is 18.5 Å². The summed E-state index contributed by atoms with van der Waals surface area (Å²) in [5, 5.41) is 0. The van der Waals surface area contributed by atoms with Crippen molar-refractivity contribution in [3.63, 3.8) is 0 Å². The lowest BCUT2D eigenvalue weighted by Gasteiger charge is -2.49. The van der Waals surface area contributed by atoms with Crippen molar-refractivity contribution in [2.75, 3.05) is 39.3 Å². The molecule has 2 unspecified atom stereocenters. The van der Waals surface area contributed by atoms with Crippen molar-refractivity contribution < 1.29 is 4.74 Å². The SMILES string of the molecule is NC(c1cccc2c1OCC2)C1CN2CCN1CC2. The minimum Gasteiger partial charge on any atom is -0.493 e. The zero-order valence-corrected chi connectivity index (χ0v) is 11.2. The Morgan fingerprint density at radius 1 is 1.21 bits per heavy atom. The van der Waals surface area contributed by atoms with Gasteiger partial charge in [0.05, 0.1) is 12.6 Å². The fraction of sp³-hybridized carbons (Fsp3) is 0.600. The van der Waals surface area contributed by atoms with E-state index in [1.807, 2.05) is 0 Å². The fourth-order valence-electron chi connectivity index (χ4n) is 3.71. The molecule has 2 N–H and O–H groups in total. The smallest absolute Gasteiger partial charge is 0.127 e. The quantitative estimate of drug-likeness (QED) is 0.845. The third-order valence-electron chi connectivity index (χ3n) is 4.84. The van der Waals surface area contributed by atoms with Crippen LogP contribution in [-0.4, -0.2) is 55.2 Å². The molecule has 1 aromatic rings. The summed E-state index contributed by atoms with van der Waals surface area (Å²) < 4.78 is 5.81. The van der Waals surface area contributed by atoms with Crippen molar-refractivity contribution in [3.8, 4) is 5.75 Å². The first-order valence-electron chi connectivity index (χ1n) is 7.29. The van der Waals surface area contributed by atoms with Gasteiger partial charge in [0, 0.05) is 50.7 Å². The highest BCUT2D eigenvalue weighted by Gasteiger charge is 2.37. The maximum atomic E-state index is 6.58. The second-order valence-corrected chi connectivity index (χ2v) is 5.86. The summed E-state index contributed by atoms with van der Waals surface area (Å²) in [4.78, 5) is 5.09. The predicted octanol–water partition coefficient (Wildman–Crippen LogP) is 0.621. The molecule has 0 aromatic heterocycles. The molecule has 102 valence electrons. The average molecular weight is 259 g/mol. The number of piperazine rings is 3. The Balaban J connectivity index is 1.64. The van der Waals surface area contributed by atoms with Gasteiger partial charge in [0.1, 0.15) is 5.75 Å². The minimum absolute atomic E-state index is 0.0659. The van der Waals surface area contributed by atoms with E-state index in [9.17, 15) is 0 Å². The van der Waals surface area contributed by atoms with E-state index in [1.54, 1.807) is 0 Å². The molecular formula is C15H21N3O. The Labute approximate surface area is 114 Å². The molecule has 3 saturated heterocycles. The summed E-state index contributed by atoms with van der Waals surface area (Å²) in [5.74, 6) is 1.06. The van der Waals surface area contributed by atoms with E-state index in [-0.39, 0.29) is 6.04 Å². The second-order valence-electron chi connectivity index (χ2n) is 5.86. The molecule has 5 rings (SSSR count). The summed E-state index contributed by atoms with van der Waals surface area (Å²) in [6.07, 6.45) is 1.02.